The normalized spacial score (nSPS) is 13.6. The Bertz CT molecular complexity index is 293. The van der Waals surface area contributed by atoms with Crippen molar-refractivity contribution in [3.05, 3.63) is 0 Å². The average molecular weight is 245 g/mol. The van der Waals surface area contributed by atoms with Crippen molar-refractivity contribution in [1.82, 2.24) is 10.6 Å². The fourth-order valence-electron chi connectivity index (χ4n) is 1.03. The Morgan fingerprint density at radius 3 is 2.29 bits per heavy atom. The van der Waals surface area contributed by atoms with Gasteiger partial charge in [-0.1, -0.05) is 20.3 Å². The molecule has 0 spiro atoms. The molecule has 0 fully saturated rings. The summed E-state index contributed by atoms with van der Waals surface area (Å²) < 4.78 is 0. The molecule has 0 rings (SSSR count). The topological polar surface area (TPSA) is 122 Å². The average Bonchev–Trinajstić information content (AvgIpc) is 2.31. The van der Waals surface area contributed by atoms with Crippen LogP contribution in [0.25, 0.3) is 0 Å². The van der Waals surface area contributed by atoms with Gasteiger partial charge in [-0.2, -0.15) is 0 Å². The second kappa shape index (κ2) is 7.61. The van der Waals surface area contributed by atoms with Gasteiger partial charge in [0.25, 0.3) is 0 Å². The molecule has 7 heteroatoms. The Kier molecular flexibility index (Phi) is 6.88. The second-order valence-corrected chi connectivity index (χ2v) is 3.80. The molecular weight excluding hydrogens is 226 g/mol. The van der Waals surface area contributed by atoms with Crippen molar-refractivity contribution in [2.24, 2.45) is 11.7 Å². The first-order valence-electron chi connectivity index (χ1n) is 5.40. The van der Waals surface area contributed by atoms with Crippen LogP contribution in [0.5, 0.6) is 0 Å². The molecular formula is C10H19N3O4. The van der Waals surface area contributed by atoms with E-state index in [1.165, 1.54) is 0 Å². The summed E-state index contributed by atoms with van der Waals surface area (Å²) in [7, 11) is 0. The number of carbonyl (C=O) groups excluding carboxylic acids is 2. The number of rotatable bonds is 7. The summed E-state index contributed by atoms with van der Waals surface area (Å²) in [6, 6.07) is -0.660. The molecule has 0 aliphatic heterocycles. The monoisotopic (exact) mass is 245 g/mol. The summed E-state index contributed by atoms with van der Waals surface area (Å²) in [5.74, 6) is -2.08. The zero-order chi connectivity index (χ0) is 13.4. The lowest BCUT2D eigenvalue weighted by Crippen LogP contribution is -2.48. The second-order valence-electron chi connectivity index (χ2n) is 3.80. The molecule has 0 heterocycles. The highest BCUT2D eigenvalue weighted by atomic mass is 16.4. The van der Waals surface area contributed by atoms with Crippen LogP contribution in [0.2, 0.25) is 0 Å². The van der Waals surface area contributed by atoms with E-state index >= 15 is 0 Å². The van der Waals surface area contributed by atoms with Crippen LogP contribution in [0.4, 0.5) is 0 Å². The van der Waals surface area contributed by atoms with Crippen LogP contribution in [0.1, 0.15) is 20.3 Å². The third-order valence-electron chi connectivity index (χ3n) is 2.42. The van der Waals surface area contributed by atoms with Gasteiger partial charge in [-0.05, 0) is 5.92 Å². The zero-order valence-electron chi connectivity index (χ0n) is 10.0. The first kappa shape index (κ1) is 15.4. The van der Waals surface area contributed by atoms with Crippen LogP contribution >= 0.6 is 0 Å². The van der Waals surface area contributed by atoms with Gasteiger partial charge in [0.05, 0.1) is 12.6 Å². The zero-order valence-corrected chi connectivity index (χ0v) is 10.0. The van der Waals surface area contributed by atoms with Gasteiger partial charge < -0.3 is 21.5 Å². The molecule has 0 aromatic heterocycles. The first-order chi connectivity index (χ1) is 7.88. The largest absolute Gasteiger partial charge is 0.480 e. The third kappa shape index (κ3) is 6.52. The highest BCUT2D eigenvalue weighted by Gasteiger charge is 2.19. The minimum atomic E-state index is -1.14. The van der Waals surface area contributed by atoms with Crippen molar-refractivity contribution in [2.45, 2.75) is 26.3 Å². The highest BCUT2D eigenvalue weighted by Crippen LogP contribution is 2.04. The van der Waals surface area contributed by atoms with Gasteiger partial charge in [0.15, 0.2) is 0 Å². The molecule has 1 unspecified atom stereocenters. The number of carbonyl (C=O) groups is 3. The van der Waals surface area contributed by atoms with E-state index in [1.807, 2.05) is 13.8 Å². The fourth-order valence-corrected chi connectivity index (χ4v) is 1.03. The number of carboxylic acid groups (broad SMARTS) is 1. The molecule has 2 amide bonds. The van der Waals surface area contributed by atoms with E-state index in [-0.39, 0.29) is 12.5 Å². The number of nitrogens with one attached hydrogen (secondary N) is 2. The fraction of sp³-hybridized carbons (Fsp3) is 0.700. The molecule has 2 atom stereocenters. The molecule has 5 N–H and O–H groups in total. The summed E-state index contributed by atoms with van der Waals surface area (Å²) in [5.41, 5.74) is 5.64. The van der Waals surface area contributed by atoms with Gasteiger partial charge in [-0.25, -0.2) is 0 Å². The predicted octanol–water partition coefficient (Wildman–Crippen LogP) is -1.32. The minimum Gasteiger partial charge on any atom is -0.480 e. The van der Waals surface area contributed by atoms with Crippen molar-refractivity contribution in [3.8, 4) is 0 Å². The van der Waals surface area contributed by atoms with Crippen LogP contribution in [0, 0.1) is 5.92 Å². The summed E-state index contributed by atoms with van der Waals surface area (Å²) in [5, 5.41) is 12.8. The molecule has 0 aromatic carbocycles. The lowest BCUT2D eigenvalue weighted by molar-refractivity contribution is -0.137. The summed E-state index contributed by atoms with van der Waals surface area (Å²) in [4.78, 5) is 32.7. The van der Waals surface area contributed by atoms with Crippen LogP contribution < -0.4 is 16.4 Å². The van der Waals surface area contributed by atoms with E-state index < -0.39 is 30.4 Å². The molecule has 0 bridgehead atoms. The Labute approximate surface area is 99.7 Å². The Balaban J connectivity index is 3.91. The molecule has 98 valence electrons. The van der Waals surface area contributed by atoms with Gasteiger partial charge >= 0.3 is 5.97 Å². The minimum absolute atomic E-state index is 0.0251. The summed E-state index contributed by atoms with van der Waals surface area (Å²) in [6.45, 7) is 3.02. The first-order valence-corrected chi connectivity index (χ1v) is 5.40. The maximum Gasteiger partial charge on any atom is 0.322 e. The Morgan fingerprint density at radius 1 is 1.24 bits per heavy atom. The molecule has 0 saturated carbocycles. The number of nitrogens with two attached hydrogens (primary N) is 1. The Hall–Kier alpha value is -1.63. The number of aliphatic carboxylic acids is 1. The number of hydrogen-bond acceptors (Lipinski definition) is 4. The third-order valence-corrected chi connectivity index (χ3v) is 2.42. The van der Waals surface area contributed by atoms with Crippen molar-refractivity contribution in [2.75, 3.05) is 13.1 Å². The van der Waals surface area contributed by atoms with Gasteiger partial charge in [0.2, 0.25) is 11.8 Å². The summed E-state index contributed by atoms with van der Waals surface area (Å²) >= 11 is 0. The molecule has 7 nitrogen and oxygen atoms in total. The predicted molar refractivity (Wildman–Crippen MR) is 61.1 cm³/mol. The molecule has 17 heavy (non-hydrogen) atoms. The molecule has 0 radical (unpaired) electrons. The van der Waals surface area contributed by atoms with Crippen molar-refractivity contribution < 1.29 is 19.5 Å². The Morgan fingerprint density at radius 2 is 1.82 bits per heavy atom. The summed E-state index contributed by atoms with van der Waals surface area (Å²) in [6.07, 6.45) is 0.764. The van der Waals surface area contributed by atoms with Crippen LogP contribution in [0.15, 0.2) is 0 Å². The number of carboxylic acids is 1. The standard InChI is InChI=1S/C10H19N3O4/c1-3-6(2)9(11)10(17)13-4-7(14)12-5-8(15)16/h6,9H,3-5,11H2,1-2H3,(H,12,14)(H,13,17)(H,15,16)/t6?,9-/m0/s1. The number of hydrogen-bond donors (Lipinski definition) is 4. The van der Waals surface area contributed by atoms with E-state index in [1.54, 1.807) is 0 Å². The van der Waals surface area contributed by atoms with E-state index in [9.17, 15) is 14.4 Å². The molecule has 0 aromatic rings. The van der Waals surface area contributed by atoms with Crippen LogP contribution in [0.3, 0.4) is 0 Å². The van der Waals surface area contributed by atoms with Gasteiger partial charge in [0, 0.05) is 0 Å². The highest BCUT2D eigenvalue weighted by molar-refractivity contribution is 5.88. The van der Waals surface area contributed by atoms with Gasteiger partial charge in [-0.3, -0.25) is 14.4 Å². The maximum atomic E-state index is 11.5. The molecule has 0 aliphatic carbocycles. The van der Waals surface area contributed by atoms with Crippen LogP contribution in [-0.2, 0) is 14.4 Å². The van der Waals surface area contributed by atoms with Crippen molar-refractivity contribution >= 4 is 17.8 Å². The molecule has 0 aliphatic rings. The van der Waals surface area contributed by atoms with Crippen molar-refractivity contribution in [1.29, 1.82) is 0 Å². The lowest BCUT2D eigenvalue weighted by Gasteiger charge is -2.17. The number of amides is 2. The van der Waals surface area contributed by atoms with E-state index in [0.717, 1.165) is 6.42 Å². The van der Waals surface area contributed by atoms with E-state index in [4.69, 9.17) is 10.8 Å². The SMILES string of the molecule is CCC(C)[C@H](N)C(=O)NCC(=O)NCC(=O)O. The maximum absolute atomic E-state index is 11.5. The van der Waals surface area contributed by atoms with Crippen molar-refractivity contribution in [3.63, 3.8) is 0 Å². The van der Waals surface area contributed by atoms with E-state index in [0.29, 0.717) is 0 Å². The van der Waals surface area contributed by atoms with E-state index in [2.05, 4.69) is 10.6 Å². The molecule has 0 saturated heterocycles. The smallest absolute Gasteiger partial charge is 0.322 e. The lowest BCUT2D eigenvalue weighted by atomic mass is 9.99. The quantitative estimate of drug-likeness (QED) is 0.443. The van der Waals surface area contributed by atoms with Crippen LogP contribution in [-0.4, -0.2) is 42.0 Å². The van der Waals surface area contributed by atoms with Gasteiger partial charge in [0.1, 0.15) is 6.54 Å². The van der Waals surface area contributed by atoms with Gasteiger partial charge in [-0.15, -0.1) is 0 Å².